The van der Waals surface area contributed by atoms with Crippen molar-refractivity contribution in [3.63, 3.8) is 0 Å². The van der Waals surface area contributed by atoms with Crippen molar-refractivity contribution in [3.8, 4) is 28.3 Å². The molecule has 11 aromatic rings. The molecule has 256 valence electrons. The van der Waals surface area contributed by atoms with Crippen molar-refractivity contribution < 1.29 is 4.74 Å². The van der Waals surface area contributed by atoms with Crippen LogP contribution in [0.25, 0.3) is 81.7 Å². The fraction of sp³-hybridized carbons (Fsp3) is 0. The number of fused-ring (bicyclic) bond motifs is 11. The van der Waals surface area contributed by atoms with Crippen LogP contribution in [0.4, 0.5) is 17.1 Å². The molecule has 0 atom stereocenters. The second kappa shape index (κ2) is 11.6. The standard InChI is InChI=1S/C52H32N2O/c1-3-10-42-34(8-1)16-18-37-30-40(25-27-44(37)42)53(41-26-28-45-38(31-41)19-17-35-9-2-4-11-43(35)45)39-23-20-33(21-24-39)36-22-29-48-47(32-36)46-12-7-15-51-52(46)54(48)49-13-5-6-14-50(49)55-51/h1-32H. The molecule has 0 spiro atoms. The zero-order chi connectivity index (χ0) is 36.0. The van der Waals surface area contributed by atoms with Gasteiger partial charge in [0.1, 0.15) is 0 Å². The summed E-state index contributed by atoms with van der Waals surface area (Å²) in [5.74, 6) is 1.77. The summed E-state index contributed by atoms with van der Waals surface area (Å²) in [5.41, 5.74) is 9.06. The van der Waals surface area contributed by atoms with Gasteiger partial charge in [-0.2, -0.15) is 0 Å². The van der Waals surface area contributed by atoms with Crippen LogP contribution in [0.15, 0.2) is 194 Å². The largest absolute Gasteiger partial charge is 0.453 e. The van der Waals surface area contributed by atoms with Gasteiger partial charge < -0.3 is 14.2 Å². The molecule has 2 heterocycles. The minimum atomic E-state index is 0.878. The smallest absolute Gasteiger partial charge is 0.152 e. The minimum absolute atomic E-state index is 0.878. The highest BCUT2D eigenvalue weighted by Crippen LogP contribution is 2.46. The van der Waals surface area contributed by atoms with Crippen LogP contribution in [0.5, 0.6) is 11.5 Å². The summed E-state index contributed by atoms with van der Waals surface area (Å²) >= 11 is 0. The third-order valence-electron chi connectivity index (χ3n) is 11.5. The lowest BCUT2D eigenvalue weighted by Gasteiger charge is -2.26. The van der Waals surface area contributed by atoms with Gasteiger partial charge in [0.15, 0.2) is 11.5 Å². The van der Waals surface area contributed by atoms with Crippen molar-refractivity contribution in [2.24, 2.45) is 0 Å². The van der Waals surface area contributed by atoms with Gasteiger partial charge in [0.25, 0.3) is 0 Å². The van der Waals surface area contributed by atoms with Crippen molar-refractivity contribution in [3.05, 3.63) is 194 Å². The van der Waals surface area contributed by atoms with Gasteiger partial charge in [0.2, 0.25) is 0 Å². The molecule has 0 N–H and O–H groups in total. The Morgan fingerprint density at radius 2 is 0.891 bits per heavy atom. The summed E-state index contributed by atoms with van der Waals surface area (Å²) < 4.78 is 8.71. The molecule has 1 aliphatic heterocycles. The quantitative estimate of drug-likeness (QED) is 0.170. The molecule has 0 fully saturated rings. The first-order chi connectivity index (χ1) is 27.2. The molecule has 0 aliphatic carbocycles. The zero-order valence-corrected chi connectivity index (χ0v) is 29.8. The first-order valence-corrected chi connectivity index (χ1v) is 18.8. The number of nitrogens with zero attached hydrogens (tertiary/aromatic N) is 2. The molecule has 55 heavy (non-hydrogen) atoms. The van der Waals surface area contributed by atoms with E-state index < -0.39 is 0 Å². The summed E-state index contributed by atoms with van der Waals surface area (Å²) in [6.07, 6.45) is 0. The predicted octanol–water partition coefficient (Wildman–Crippen LogP) is 14.6. The summed E-state index contributed by atoms with van der Waals surface area (Å²) in [7, 11) is 0. The molecular formula is C52H32N2O. The highest BCUT2D eigenvalue weighted by molar-refractivity contribution is 6.13. The molecule has 0 bridgehead atoms. The van der Waals surface area contributed by atoms with Gasteiger partial charge in [-0.25, -0.2) is 0 Å². The average Bonchev–Trinajstić information content (AvgIpc) is 3.59. The third-order valence-corrected chi connectivity index (χ3v) is 11.5. The maximum Gasteiger partial charge on any atom is 0.152 e. The highest BCUT2D eigenvalue weighted by Gasteiger charge is 2.23. The average molecular weight is 701 g/mol. The van der Waals surface area contributed by atoms with Gasteiger partial charge in [-0.05, 0) is 121 Å². The van der Waals surface area contributed by atoms with E-state index in [1.165, 1.54) is 70.5 Å². The fourth-order valence-corrected chi connectivity index (χ4v) is 8.93. The number of benzene rings is 10. The molecule has 0 saturated carbocycles. The first kappa shape index (κ1) is 30.1. The Morgan fingerprint density at radius 1 is 0.345 bits per heavy atom. The van der Waals surface area contributed by atoms with Crippen LogP contribution in [0.3, 0.4) is 0 Å². The van der Waals surface area contributed by atoms with Crippen LogP contribution >= 0.6 is 0 Å². The van der Waals surface area contributed by atoms with Crippen molar-refractivity contribution in [1.82, 2.24) is 4.57 Å². The molecule has 0 unspecified atom stereocenters. The van der Waals surface area contributed by atoms with Crippen LogP contribution in [0, 0.1) is 0 Å². The van der Waals surface area contributed by atoms with Crippen molar-refractivity contribution in [1.29, 1.82) is 0 Å². The van der Waals surface area contributed by atoms with Crippen LogP contribution in [-0.4, -0.2) is 4.57 Å². The second-order valence-electron chi connectivity index (χ2n) is 14.6. The van der Waals surface area contributed by atoms with E-state index in [1.807, 2.05) is 12.1 Å². The topological polar surface area (TPSA) is 17.4 Å². The Kier molecular flexibility index (Phi) is 6.34. The maximum atomic E-state index is 6.36. The normalized spacial score (nSPS) is 12.1. The molecule has 3 nitrogen and oxygen atoms in total. The number of ether oxygens (including phenoxy) is 1. The highest BCUT2D eigenvalue weighted by atomic mass is 16.5. The van der Waals surface area contributed by atoms with E-state index in [2.05, 4.69) is 191 Å². The number of anilines is 3. The SMILES string of the molecule is c1ccc2c(c1)Oc1cccc3c4cc(-c5ccc(N(c6ccc7c(ccc8ccccc87)c6)c6ccc7c(ccc8ccccc87)c6)cc5)ccc4n-2c13. The molecule has 12 rings (SSSR count). The summed E-state index contributed by atoms with van der Waals surface area (Å²) in [6.45, 7) is 0. The number of hydrogen-bond donors (Lipinski definition) is 0. The molecule has 0 amide bonds. The number of aromatic nitrogens is 1. The Labute approximate surface area is 317 Å². The van der Waals surface area contributed by atoms with Gasteiger partial charge in [0.05, 0.1) is 16.7 Å². The lowest BCUT2D eigenvalue weighted by molar-refractivity contribution is 0.476. The molecule has 0 radical (unpaired) electrons. The van der Waals surface area contributed by atoms with Crippen LogP contribution in [0.2, 0.25) is 0 Å². The first-order valence-electron chi connectivity index (χ1n) is 18.8. The molecule has 1 aromatic heterocycles. The minimum Gasteiger partial charge on any atom is -0.453 e. The third kappa shape index (κ3) is 4.57. The van der Waals surface area contributed by atoms with Crippen molar-refractivity contribution >= 4 is 82.0 Å². The number of para-hydroxylation sites is 3. The van der Waals surface area contributed by atoms with E-state index in [0.717, 1.165) is 39.8 Å². The Balaban J connectivity index is 0.996. The van der Waals surface area contributed by atoms with Gasteiger partial charge in [-0.3, -0.25) is 0 Å². The molecule has 1 aliphatic rings. The van der Waals surface area contributed by atoms with E-state index in [-0.39, 0.29) is 0 Å². The van der Waals surface area contributed by atoms with Crippen LogP contribution < -0.4 is 9.64 Å². The summed E-state index contributed by atoms with van der Waals surface area (Å²) in [6, 6.07) is 70.5. The van der Waals surface area contributed by atoms with E-state index >= 15 is 0 Å². The van der Waals surface area contributed by atoms with Gasteiger partial charge >= 0.3 is 0 Å². The fourth-order valence-electron chi connectivity index (χ4n) is 8.93. The maximum absolute atomic E-state index is 6.36. The summed E-state index contributed by atoms with van der Waals surface area (Å²) in [5, 5.41) is 12.4. The number of rotatable bonds is 4. The number of hydrogen-bond acceptors (Lipinski definition) is 2. The second-order valence-corrected chi connectivity index (χ2v) is 14.6. The van der Waals surface area contributed by atoms with Gasteiger partial charge in [-0.15, -0.1) is 0 Å². The van der Waals surface area contributed by atoms with Crippen LogP contribution in [-0.2, 0) is 0 Å². The Morgan fingerprint density at radius 3 is 1.60 bits per heavy atom. The Bertz CT molecular complexity index is 3240. The van der Waals surface area contributed by atoms with Gasteiger partial charge in [-0.1, -0.05) is 127 Å². The van der Waals surface area contributed by atoms with E-state index in [9.17, 15) is 0 Å². The molecular weight excluding hydrogens is 669 g/mol. The molecule has 3 heteroatoms. The zero-order valence-electron chi connectivity index (χ0n) is 29.8. The monoisotopic (exact) mass is 700 g/mol. The van der Waals surface area contributed by atoms with Gasteiger partial charge in [0, 0.05) is 27.8 Å². The predicted molar refractivity (Wildman–Crippen MR) is 231 cm³/mol. The molecule has 10 aromatic carbocycles. The van der Waals surface area contributed by atoms with E-state index in [1.54, 1.807) is 0 Å². The molecule has 0 saturated heterocycles. The lowest BCUT2D eigenvalue weighted by Crippen LogP contribution is -2.10. The summed E-state index contributed by atoms with van der Waals surface area (Å²) in [4.78, 5) is 2.39. The lowest BCUT2D eigenvalue weighted by atomic mass is 9.99. The van der Waals surface area contributed by atoms with Crippen LogP contribution in [0.1, 0.15) is 0 Å². The Hall–Kier alpha value is -7.36. The van der Waals surface area contributed by atoms with E-state index in [0.29, 0.717) is 0 Å². The van der Waals surface area contributed by atoms with E-state index in [4.69, 9.17) is 4.74 Å². The van der Waals surface area contributed by atoms with Crippen molar-refractivity contribution in [2.45, 2.75) is 0 Å². The van der Waals surface area contributed by atoms with Crippen molar-refractivity contribution in [2.75, 3.05) is 4.90 Å².